The number of imide groups is 1. The van der Waals surface area contributed by atoms with Crippen LogP contribution in [-0.4, -0.2) is 97.8 Å². The predicted molar refractivity (Wildman–Crippen MR) is 222 cm³/mol. The maximum absolute atomic E-state index is 13.8. The number of anilines is 2. The molecule has 2 aromatic carbocycles. The molecule has 4 fully saturated rings. The number of para-hydroxylation sites is 1. The van der Waals surface area contributed by atoms with Crippen molar-refractivity contribution in [2.75, 3.05) is 29.5 Å². The molecule has 320 valence electrons. The molecule has 13 nitrogen and oxygen atoms in total. The van der Waals surface area contributed by atoms with E-state index in [4.69, 9.17) is 17.0 Å². The van der Waals surface area contributed by atoms with Crippen LogP contribution in [0.5, 0.6) is 0 Å². The van der Waals surface area contributed by atoms with E-state index in [-0.39, 0.29) is 66.1 Å². The molecule has 3 aromatic rings. The Morgan fingerprint density at radius 1 is 1.07 bits per heavy atom. The first-order chi connectivity index (χ1) is 28.4. The van der Waals surface area contributed by atoms with Gasteiger partial charge in [0.05, 0.1) is 41.0 Å². The Balaban J connectivity index is 0.884. The third-order valence-electron chi connectivity index (χ3n) is 12.8. The number of fused-ring (bicyclic) bond motifs is 1. The molecule has 60 heavy (non-hydrogen) atoms. The molecule has 0 bridgehead atoms. The number of amides is 4. The van der Waals surface area contributed by atoms with Crippen molar-refractivity contribution in [2.24, 2.45) is 13.0 Å². The highest BCUT2D eigenvalue weighted by Crippen LogP contribution is 2.42. The average Bonchev–Trinajstić information content (AvgIpc) is 3.61. The van der Waals surface area contributed by atoms with Crippen LogP contribution in [0.3, 0.4) is 0 Å². The van der Waals surface area contributed by atoms with Gasteiger partial charge < -0.3 is 9.64 Å². The first-order valence-electron chi connectivity index (χ1n) is 20.6. The molecule has 4 heterocycles. The van der Waals surface area contributed by atoms with Gasteiger partial charge in [0, 0.05) is 56.6 Å². The summed E-state index contributed by atoms with van der Waals surface area (Å²) in [6, 6.07) is 10.2. The van der Waals surface area contributed by atoms with E-state index in [1.807, 2.05) is 23.1 Å². The predicted octanol–water partition coefficient (Wildman–Crippen LogP) is 6.64. The van der Waals surface area contributed by atoms with Crippen molar-refractivity contribution in [2.45, 2.75) is 121 Å². The third-order valence-corrected chi connectivity index (χ3v) is 13.2. The number of hydrogen-bond acceptors (Lipinski definition) is 9. The molecule has 1 aliphatic carbocycles. The van der Waals surface area contributed by atoms with Crippen molar-refractivity contribution >= 4 is 63.4 Å². The zero-order valence-corrected chi connectivity index (χ0v) is 35.4. The number of carbonyl (C=O) groups excluding carboxylic acids is 4. The molecule has 3 atom stereocenters. The van der Waals surface area contributed by atoms with Gasteiger partial charge in [-0.3, -0.25) is 39.1 Å². The second kappa shape index (κ2) is 16.9. The number of ether oxygens (including phenoxy) is 1. The Morgan fingerprint density at radius 2 is 1.77 bits per heavy atom. The molecule has 17 heteroatoms. The summed E-state index contributed by atoms with van der Waals surface area (Å²) in [5.41, 5.74) is -1.06. The fourth-order valence-electron chi connectivity index (χ4n) is 9.74. The number of piperidine rings is 1. The largest absolute Gasteiger partial charge is 0.417 e. The zero-order valence-electron chi connectivity index (χ0n) is 34.6. The summed E-state index contributed by atoms with van der Waals surface area (Å²) in [5.74, 6) is 0.252. The normalized spacial score (nSPS) is 25.2. The minimum Gasteiger partial charge on any atom is -0.378 e. The lowest BCUT2D eigenvalue weighted by Gasteiger charge is -2.42. The van der Waals surface area contributed by atoms with Crippen LogP contribution in [0, 0.1) is 17.2 Å². The van der Waals surface area contributed by atoms with Crippen molar-refractivity contribution < 1.29 is 37.1 Å². The van der Waals surface area contributed by atoms with Crippen LogP contribution < -0.4 is 15.1 Å². The summed E-state index contributed by atoms with van der Waals surface area (Å²) in [5, 5.41) is 17.1. The summed E-state index contributed by atoms with van der Waals surface area (Å²) >= 11 is 5.77. The highest BCUT2D eigenvalue weighted by atomic mass is 32.1. The molecule has 3 aliphatic heterocycles. The van der Waals surface area contributed by atoms with E-state index in [0.717, 1.165) is 73.5 Å². The van der Waals surface area contributed by atoms with E-state index in [1.54, 1.807) is 31.6 Å². The number of nitrogens with zero attached hydrogens (tertiary/aromatic N) is 7. The van der Waals surface area contributed by atoms with E-state index >= 15 is 0 Å². The van der Waals surface area contributed by atoms with Crippen LogP contribution in [0.2, 0.25) is 0 Å². The van der Waals surface area contributed by atoms with Crippen molar-refractivity contribution in [3.05, 3.63) is 53.1 Å². The number of aryl methyl sites for hydroxylation is 1. The molecule has 1 unspecified atom stereocenters. The number of aromatic nitrogens is 2. The van der Waals surface area contributed by atoms with Gasteiger partial charge in [-0.2, -0.15) is 23.5 Å². The van der Waals surface area contributed by atoms with E-state index in [2.05, 4.69) is 29.2 Å². The quantitative estimate of drug-likeness (QED) is 0.209. The van der Waals surface area contributed by atoms with Crippen LogP contribution in [-0.2, 0) is 38.8 Å². The topological polar surface area (TPSA) is 144 Å². The smallest absolute Gasteiger partial charge is 0.378 e. The molecular weight excluding hydrogens is 798 g/mol. The number of benzene rings is 2. The van der Waals surface area contributed by atoms with Gasteiger partial charge in [0.15, 0.2) is 16.7 Å². The Bertz CT molecular complexity index is 2230. The number of nitriles is 1. The number of ketones is 1. The van der Waals surface area contributed by atoms with Gasteiger partial charge in [-0.25, -0.2) is 4.79 Å². The van der Waals surface area contributed by atoms with Gasteiger partial charge in [0.1, 0.15) is 5.54 Å². The van der Waals surface area contributed by atoms with Gasteiger partial charge in [0.25, 0.3) is 5.91 Å². The molecule has 3 saturated heterocycles. The number of thiocarbonyl (C=S) groups is 1. The minimum absolute atomic E-state index is 0.000433. The Kier molecular flexibility index (Phi) is 12.1. The molecule has 1 N–H and O–H groups in total. The number of alkyl halides is 3. The fraction of sp³-hybridized carbons (Fsp3) is 0.558. The number of likely N-dealkylation sites (tertiary alicyclic amines) is 1. The summed E-state index contributed by atoms with van der Waals surface area (Å²) < 4.78 is 49.4. The molecule has 1 saturated carbocycles. The molecule has 1 aromatic heterocycles. The first-order valence-corrected chi connectivity index (χ1v) is 21.0. The maximum atomic E-state index is 13.8. The lowest BCUT2D eigenvalue weighted by Crippen LogP contribution is -2.51. The number of rotatable bonds is 11. The number of carbonyl (C=O) groups is 4. The van der Waals surface area contributed by atoms with E-state index in [0.29, 0.717) is 24.9 Å². The van der Waals surface area contributed by atoms with Crippen LogP contribution in [0.15, 0.2) is 36.4 Å². The number of nitrogens with one attached hydrogen (secondary N) is 1. The van der Waals surface area contributed by atoms with Crippen molar-refractivity contribution in [3.63, 3.8) is 0 Å². The van der Waals surface area contributed by atoms with Crippen molar-refractivity contribution in [3.8, 4) is 6.07 Å². The summed E-state index contributed by atoms with van der Waals surface area (Å²) in [7, 11) is 1.79. The second-order valence-corrected chi connectivity index (χ2v) is 17.6. The molecule has 0 spiro atoms. The number of Topliss-reactive ketones (excluding diaryl/α,β-unsaturated/α-hetero) is 1. The highest BCUT2D eigenvalue weighted by Gasteiger charge is 2.52. The lowest BCUT2D eigenvalue weighted by atomic mass is 9.82. The van der Waals surface area contributed by atoms with E-state index in [9.17, 15) is 37.6 Å². The van der Waals surface area contributed by atoms with Crippen LogP contribution in [0.25, 0.3) is 10.9 Å². The SMILES string of the molecule is C[C@@H]1CC(OCCC2CCC(N3C(=S)N(c4ccc(C#N)c(C(F)(F)F)c4)C(=O)C3(C)C)CC2)C[C@H](C)N1CC(=O)Cc1cccc2c(N3CCC(=O)NC3=O)nn(C)c12. The van der Waals surface area contributed by atoms with Gasteiger partial charge >= 0.3 is 12.2 Å². The van der Waals surface area contributed by atoms with Crippen molar-refractivity contribution in [1.29, 1.82) is 5.26 Å². The minimum atomic E-state index is -4.76. The zero-order chi connectivity index (χ0) is 43.3. The molecule has 4 amide bonds. The molecular formula is C43H51F3N8O5S. The van der Waals surface area contributed by atoms with Gasteiger partial charge in [0.2, 0.25) is 5.91 Å². The third kappa shape index (κ3) is 8.38. The van der Waals surface area contributed by atoms with Gasteiger partial charge in [-0.1, -0.05) is 12.1 Å². The van der Waals surface area contributed by atoms with Gasteiger partial charge in [-0.05, 0) is 121 Å². The molecule has 4 aliphatic rings. The Hall–Kier alpha value is -4.92. The number of urea groups is 1. The van der Waals surface area contributed by atoms with Crippen molar-refractivity contribution in [1.82, 2.24) is 24.9 Å². The highest BCUT2D eigenvalue weighted by molar-refractivity contribution is 7.80. The fourth-order valence-corrected chi connectivity index (χ4v) is 10.3. The molecule has 7 rings (SSSR count). The lowest BCUT2D eigenvalue weighted by molar-refractivity contribution is -0.137. The molecule has 0 radical (unpaired) electrons. The Labute approximate surface area is 352 Å². The second-order valence-electron chi connectivity index (χ2n) is 17.2. The summed E-state index contributed by atoms with van der Waals surface area (Å²) in [4.78, 5) is 58.3. The van der Waals surface area contributed by atoms with Crippen LogP contribution in [0.1, 0.15) is 95.8 Å². The van der Waals surface area contributed by atoms with Crippen LogP contribution >= 0.6 is 12.2 Å². The standard InChI is InChI=1S/C43H51F3N8O5S/c1-25-19-33(20-26(2)52(25)24-32(55)21-28-7-6-8-34-37(28)50(5)49-38(34)51-17-15-36(56)48-40(51)58)59-18-16-27-9-12-30(13-10-27)54-41(60)53(39(57)42(54,3)4)31-14-11-29(23-47)35(22-31)43(44,45)46/h6-8,11,14,22,25-27,30,33H,9-10,12-13,15-21,24H2,1-5H3,(H,48,56,58)/t25-,26+,27?,30?,33?. The van der Waals surface area contributed by atoms with Gasteiger partial charge in [-0.15, -0.1) is 0 Å². The summed E-state index contributed by atoms with van der Waals surface area (Å²) in [6.07, 6.45) is 1.60. The monoisotopic (exact) mass is 848 g/mol. The Morgan fingerprint density at radius 3 is 2.42 bits per heavy atom. The number of halogens is 3. The van der Waals surface area contributed by atoms with E-state index in [1.165, 1.54) is 15.9 Å². The first kappa shape index (κ1) is 43.2. The average molecular weight is 849 g/mol. The maximum Gasteiger partial charge on any atom is 0.417 e. The number of hydrogen-bond donors (Lipinski definition) is 1. The van der Waals surface area contributed by atoms with E-state index < -0.39 is 34.8 Å². The van der Waals surface area contributed by atoms with Crippen LogP contribution in [0.4, 0.5) is 29.5 Å². The summed E-state index contributed by atoms with van der Waals surface area (Å²) in [6.45, 7) is 8.93.